The molecule has 4 nitrogen and oxygen atoms in total. The van der Waals surface area contributed by atoms with Gasteiger partial charge >= 0.3 is 5.97 Å². The molecule has 0 aliphatic heterocycles. The summed E-state index contributed by atoms with van der Waals surface area (Å²) in [5.74, 6) is 0.769. The van der Waals surface area contributed by atoms with Gasteiger partial charge in [0.15, 0.2) is 0 Å². The molecule has 2 N–H and O–H groups in total. The number of nitrogens with two attached hydrogens (primary N) is 1. The predicted octanol–water partition coefficient (Wildman–Crippen LogP) is 2.37. The molecule has 1 aromatic rings. The minimum atomic E-state index is -0.241. The third kappa shape index (κ3) is 3.81. The van der Waals surface area contributed by atoms with Crippen LogP contribution in [0.1, 0.15) is 26.2 Å². The van der Waals surface area contributed by atoms with Gasteiger partial charge in [-0.3, -0.25) is 4.79 Å². The number of ether oxygens (including phenoxy) is 2. The van der Waals surface area contributed by atoms with Gasteiger partial charge in [-0.1, -0.05) is 13.3 Å². The molecule has 0 atom stereocenters. The van der Waals surface area contributed by atoms with E-state index in [0.29, 0.717) is 23.6 Å². The number of carbonyl (C=O) groups excluding carboxylic acids is 1. The minimum absolute atomic E-state index is 0.241. The second-order valence-corrected chi connectivity index (χ2v) is 3.52. The van der Waals surface area contributed by atoms with Gasteiger partial charge in [-0.05, 0) is 6.42 Å². The van der Waals surface area contributed by atoms with Crippen LogP contribution in [0.2, 0.25) is 0 Å². The predicted molar refractivity (Wildman–Crippen MR) is 62.6 cm³/mol. The Labute approximate surface area is 95.3 Å². The Kier molecular flexibility index (Phi) is 4.64. The van der Waals surface area contributed by atoms with Crippen molar-refractivity contribution in [1.82, 2.24) is 0 Å². The zero-order valence-corrected chi connectivity index (χ0v) is 9.66. The van der Waals surface area contributed by atoms with Crippen LogP contribution in [0.4, 0.5) is 5.69 Å². The lowest BCUT2D eigenvalue weighted by Gasteiger charge is -2.07. The van der Waals surface area contributed by atoms with Gasteiger partial charge < -0.3 is 15.2 Å². The summed E-state index contributed by atoms with van der Waals surface area (Å²) in [6, 6.07) is 4.91. The normalized spacial score (nSPS) is 9.88. The fraction of sp³-hybridized carbons (Fsp3) is 0.417. The maximum atomic E-state index is 11.4. The van der Waals surface area contributed by atoms with Crippen LogP contribution >= 0.6 is 0 Å². The van der Waals surface area contributed by atoms with Gasteiger partial charge in [0.2, 0.25) is 0 Å². The zero-order chi connectivity index (χ0) is 12.0. The Hall–Kier alpha value is -1.71. The number of esters is 1. The largest absolute Gasteiger partial charge is 0.497 e. The summed E-state index contributed by atoms with van der Waals surface area (Å²) in [4.78, 5) is 11.4. The Morgan fingerprint density at radius 1 is 1.31 bits per heavy atom. The highest BCUT2D eigenvalue weighted by Crippen LogP contribution is 2.24. The zero-order valence-electron chi connectivity index (χ0n) is 9.66. The number of unbranched alkanes of at least 4 members (excludes halogenated alkanes) is 1. The van der Waals surface area contributed by atoms with E-state index in [9.17, 15) is 4.79 Å². The van der Waals surface area contributed by atoms with Crippen LogP contribution in [-0.2, 0) is 4.79 Å². The Morgan fingerprint density at radius 2 is 2.00 bits per heavy atom. The van der Waals surface area contributed by atoms with Crippen LogP contribution in [0, 0.1) is 0 Å². The Balaban J connectivity index is 2.65. The van der Waals surface area contributed by atoms with E-state index < -0.39 is 0 Å². The summed E-state index contributed by atoms with van der Waals surface area (Å²) in [5.41, 5.74) is 6.15. The molecule has 0 heterocycles. The maximum absolute atomic E-state index is 11.4. The molecule has 0 fully saturated rings. The molecule has 0 amide bonds. The molecule has 0 spiro atoms. The fourth-order valence-electron chi connectivity index (χ4n) is 1.27. The molecule has 0 aromatic heterocycles. The van der Waals surface area contributed by atoms with E-state index in [2.05, 4.69) is 0 Å². The summed E-state index contributed by atoms with van der Waals surface area (Å²) in [6.07, 6.45) is 2.22. The molecule has 1 aromatic carbocycles. The lowest BCUT2D eigenvalue weighted by molar-refractivity contribution is -0.134. The van der Waals surface area contributed by atoms with Crippen molar-refractivity contribution in [2.45, 2.75) is 26.2 Å². The molecule has 1 rings (SSSR count). The van der Waals surface area contributed by atoms with Gasteiger partial charge in [-0.25, -0.2) is 0 Å². The molecule has 4 heteroatoms. The molecule has 0 saturated carbocycles. The molecule has 88 valence electrons. The van der Waals surface area contributed by atoms with E-state index in [1.54, 1.807) is 18.2 Å². The molecule has 16 heavy (non-hydrogen) atoms. The SMILES string of the molecule is CCCCC(=O)Oc1cc(N)cc(OC)c1. The van der Waals surface area contributed by atoms with Crippen LogP contribution in [0.25, 0.3) is 0 Å². The summed E-state index contributed by atoms with van der Waals surface area (Å²) < 4.78 is 10.2. The number of hydrogen-bond acceptors (Lipinski definition) is 4. The average Bonchev–Trinajstić information content (AvgIpc) is 2.25. The maximum Gasteiger partial charge on any atom is 0.311 e. The van der Waals surface area contributed by atoms with E-state index >= 15 is 0 Å². The summed E-state index contributed by atoms with van der Waals surface area (Å²) >= 11 is 0. The fourth-order valence-corrected chi connectivity index (χ4v) is 1.27. The van der Waals surface area contributed by atoms with Crippen molar-refractivity contribution < 1.29 is 14.3 Å². The van der Waals surface area contributed by atoms with E-state index in [4.69, 9.17) is 15.2 Å². The second-order valence-electron chi connectivity index (χ2n) is 3.52. The summed E-state index contributed by atoms with van der Waals surface area (Å²) in [5, 5.41) is 0. The first-order valence-electron chi connectivity index (χ1n) is 5.31. The molecule has 0 bridgehead atoms. The molecule has 0 aliphatic rings. The molecule has 0 unspecified atom stereocenters. The van der Waals surface area contributed by atoms with Crippen molar-refractivity contribution in [2.24, 2.45) is 0 Å². The van der Waals surface area contributed by atoms with Gasteiger partial charge in [-0.2, -0.15) is 0 Å². The van der Waals surface area contributed by atoms with E-state index in [1.165, 1.54) is 7.11 Å². The highest BCUT2D eigenvalue weighted by molar-refractivity contribution is 5.73. The number of anilines is 1. The van der Waals surface area contributed by atoms with E-state index in [0.717, 1.165) is 12.8 Å². The van der Waals surface area contributed by atoms with Crippen LogP contribution in [0.3, 0.4) is 0 Å². The molecular weight excluding hydrogens is 206 g/mol. The van der Waals surface area contributed by atoms with Crippen molar-refractivity contribution in [2.75, 3.05) is 12.8 Å². The topological polar surface area (TPSA) is 61.5 Å². The summed E-state index contributed by atoms with van der Waals surface area (Å²) in [7, 11) is 1.54. The van der Waals surface area contributed by atoms with Crippen molar-refractivity contribution in [3.05, 3.63) is 18.2 Å². The number of methoxy groups -OCH3 is 1. The van der Waals surface area contributed by atoms with Crippen LogP contribution < -0.4 is 15.2 Å². The first kappa shape index (κ1) is 12.4. The van der Waals surface area contributed by atoms with Crippen LogP contribution in [0.15, 0.2) is 18.2 Å². The highest BCUT2D eigenvalue weighted by atomic mass is 16.5. The van der Waals surface area contributed by atoms with Crippen molar-refractivity contribution in [3.63, 3.8) is 0 Å². The lowest BCUT2D eigenvalue weighted by atomic mass is 10.2. The minimum Gasteiger partial charge on any atom is -0.497 e. The number of nitrogen functional groups attached to an aromatic ring is 1. The standard InChI is InChI=1S/C12H17NO3/c1-3-4-5-12(14)16-11-7-9(13)6-10(8-11)15-2/h6-8H,3-5,13H2,1-2H3. The third-order valence-electron chi connectivity index (χ3n) is 2.10. The quantitative estimate of drug-likeness (QED) is 0.473. The van der Waals surface area contributed by atoms with Crippen molar-refractivity contribution in [3.8, 4) is 11.5 Å². The molecule has 0 aliphatic carbocycles. The van der Waals surface area contributed by atoms with Gasteiger partial charge in [0, 0.05) is 30.3 Å². The number of rotatable bonds is 5. The second kappa shape index (κ2) is 6.00. The van der Waals surface area contributed by atoms with Gasteiger partial charge in [-0.15, -0.1) is 0 Å². The molecule has 0 saturated heterocycles. The lowest BCUT2D eigenvalue weighted by Crippen LogP contribution is -2.07. The van der Waals surface area contributed by atoms with Crippen LogP contribution in [-0.4, -0.2) is 13.1 Å². The van der Waals surface area contributed by atoms with E-state index in [1.807, 2.05) is 6.92 Å². The third-order valence-corrected chi connectivity index (χ3v) is 2.10. The van der Waals surface area contributed by atoms with Gasteiger partial charge in [0.1, 0.15) is 11.5 Å². The van der Waals surface area contributed by atoms with Gasteiger partial charge in [0.05, 0.1) is 7.11 Å². The first-order valence-corrected chi connectivity index (χ1v) is 5.31. The Bertz CT molecular complexity index is 363. The van der Waals surface area contributed by atoms with Crippen molar-refractivity contribution >= 4 is 11.7 Å². The first-order chi connectivity index (χ1) is 7.65. The van der Waals surface area contributed by atoms with Gasteiger partial charge in [0.25, 0.3) is 0 Å². The van der Waals surface area contributed by atoms with E-state index in [-0.39, 0.29) is 5.97 Å². The number of carbonyl (C=O) groups is 1. The summed E-state index contributed by atoms with van der Waals surface area (Å²) in [6.45, 7) is 2.02. The number of hydrogen-bond donors (Lipinski definition) is 1. The molecular formula is C12H17NO3. The number of benzene rings is 1. The van der Waals surface area contributed by atoms with Crippen molar-refractivity contribution in [1.29, 1.82) is 0 Å². The smallest absolute Gasteiger partial charge is 0.311 e. The van der Waals surface area contributed by atoms with Crippen LogP contribution in [0.5, 0.6) is 11.5 Å². The monoisotopic (exact) mass is 223 g/mol. The highest BCUT2D eigenvalue weighted by Gasteiger charge is 2.06. The average molecular weight is 223 g/mol. The Morgan fingerprint density at radius 3 is 2.62 bits per heavy atom. The molecule has 0 radical (unpaired) electrons.